The molecule has 0 aromatic heterocycles. The monoisotopic (exact) mass is 353 g/mol. The molecule has 1 aliphatic rings. The summed E-state index contributed by atoms with van der Waals surface area (Å²) < 4.78 is 10.9. The van der Waals surface area contributed by atoms with E-state index in [2.05, 4.69) is 5.32 Å². The van der Waals surface area contributed by atoms with Crippen LogP contribution in [0, 0.1) is 12.8 Å². The van der Waals surface area contributed by atoms with E-state index in [1.165, 1.54) is 18.4 Å². The first-order chi connectivity index (χ1) is 12.7. The highest BCUT2D eigenvalue weighted by Crippen LogP contribution is 2.41. The van der Waals surface area contributed by atoms with Crippen LogP contribution < -0.4 is 14.8 Å². The molecule has 3 rings (SSSR count). The summed E-state index contributed by atoms with van der Waals surface area (Å²) in [5.74, 6) is 2.33. The summed E-state index contributed by atoms with van der Waals surface area (Å²) in [6, 6.07) is 16.1. The summed E-state index contributed by atoms with van der Waals surface area (Å²) in [5.41, 5.74) is 2.36. The molecule has 4 nitrogen and oxygen atoms in total. The van der Waals surface area contributed by atoms with Crippen molar-refractivity contribution in [3.63, 3.8) is 0 Å². The lowest BCUT2D eigenvalue weighted by Crippen LogP contribution is -2.29. The van der Waals surface area contributed by atoms with Crippen LogP contribution in [-0.4, -0.2) is 19.6 Å². The number of carbonyl (C=O) groups excluding carboxylic acids is 1. The molecule has 0 heterocycles. The van der Waals surface area contributed by atoms with Crippen LogP contribution >= 0.6 is 0 Å². The quantitative estimate of drug-likeness (QED) is 0.679. The summed E-state index contributed by atoms with van der Waals surface area (Å²) in [6.45, 7) is 2.60. The lowest BCUT2D eigenvalue weighted by Gasteiger charge is -2.19. The zero-order chi connectivity index (χ0) is 18.4. The van der Waals surface area contributed by atoms with Crippen molar-refractivity contribution in [1.29, 1.82) is 0 Å². The third-order valence-corrected chi connectivity index (χ3v) is 4.72. The van der Waals surface area contributed by atoms with Gasteiger partial charge in [0.25, 0.3) is 0 Å². The zero-order valence-electron chi connectivity index (χ0n) is 15.5. The van der Waals surface area contributed by atoms with Gasteiger partial charge in [0.05, 0.1) is 19.8 Å². The summed E-state index contributed by atoms with van der Waals surface area (Å²) in [6.07, 6.45) is 3.53. The molecule has 1 unspecified atom stereocenters. The molecule has 1 N–H and O–H groups in total. The normalized spacial score (nSPS) is 14.5. The molecule has 0 aliphatic heterocycles. The smallest absolute Gasteiger partial charge is 0.220 e. The number of nitrogens with one attached hydrogen (secondary N) is 1. The van der Waals surface area contributed by atoms with Crippen molar-refractivity contribution in [1.82, 2.24) is 5.32 Å². The van der Waals surface area contributed by atoms with Gasteiger partial charge in [-0.15, -0.1) is 0 Å². The van der Waals surface area contributed by atoms with Crippen molar-refractivity contribution in [2.24, 2.45) is 5.92 Å². The number of methoxy groups -OCH3 is 1. The molecule has 1 amide bonds. The van der Waals surface area contributed by atoms with Gasteiger partial charge in [0, 0.05) is 6.42 Å². The second kappa shape index (κ2) is 8.75. The number of ether oxygens (including phenoxy) is 2. The van der Waals surface area contributed by atoms with Crippen molar-refractivity contribution < 1.29 is 14.3 Å². The molecule has 0 spiro atoms. The number of rotatable bonds is 9. The third kappa shape index (κ3) is 5.25. The Morgan fingerprint density at radius 2 is 1.73 bits per heavy atom. The highest BCUT2D eigenvalue weighted by Gasteiger charge is 2.33. The summed E-state index contributed by atoms with van der Waals surface area (Å²) in [4.78, 5) is 12.3. The van der Waals surface area contributed by atoms with Gasteiger partial charge < -0.3 is 14.8 Å². The average molecular weight is 353 g/mol. The second-order valence-electron chi connectivity index (χ2n) is 6.92. The summed E-state index contributed by atoms with van der Waals surface area (Å²) in [5, 5.41) is 3.20. The van der Waals surface area contributed by atoms with Crippen molar-refractivity contribution in [2.75, 3.05) is 13.7 Å². The molecule has 2 aromatic carbocycles. The van der Waals surface area contributed by atoms with Gasteiger partial charge in [0.15, 0.2) is 0 Å². The average Bonchev–Trinajstić information content (AvgIpc) is 3.50. The molecule has 1 fully saturated rings. The predicted octanol–water partition coefficient (Wildman–Crippen LogP) is 4.43. The van der Waals surface area contributed by atoms with Crippen molar-refractivity contribution in [3.05, 3.63) is 59.7 Å². The van der Waals surface area contributed by atoms with E-state index in [4.69, 9.17) is 9.47 Å². The predicted molar refractivity (Wildman–Crippen MR) is 103 cm³/mol. The van der Waals surface area contributed by atoms with Gasteiger partial charge in [-0.2, -0.15) is 0 Å². The Kier molecular flexibility index (Phi) is 6.16. The van der Waals surface area contributed by atoms with Crippen LogP contribution in [0.25, 0.3) is 0 Å². The first-order valence-electron chi connectivity index (χ1n) is 9.28. The zero-order valence-corrected chi connectivity index (χ0v) is 15.5. The number of amides is 1. The first-order valence-corrected chi connectivity index (χ1v) is 9.28. The van der Waals surface area contributed by atoms with E-state index in [0.29, 0.717) is 25.4 Å². The maximum atomic E-state index is 12.3. The van der Waals surface area contributed by atoms with Gasteiger partial charge in [-0.3, -0.25) is 4.79 Å². The second-order valence-corrected chi connectivity index (χ2v) is 6.92. The minimum atomic E-state index is 0.0882. The Bertz CT molecular complexity index is 705. The van der Waals surface area contributed by atoms with E-state index < -0.39 is 0 Å². The summed E-state index contributed by atoms with van der Waals surface area (Å²) in [7, 11) is 1.66. The molecule has 4 heteroatoms. The van der Waals surface area contributed by atoms with E-state index in [0.717, 1.165) is 17.1 Å². The van der Waals surface area contributed by atoms with E-state index in [-0.39, 0.29) is 11.9 Å². The maximum absolute atomic E-state index is 12.3. The minimum absolute atomic E-state index is 0.0882. The van der Waals surface area contributed by atoms with E-state index in [9.17, 15) is 4.79 Å². The van der Waals surface area contributed by atoms with Crippen LogP contribution in [0.3, 0.4) is 0 Å². The van der Waals surface area contributed by atoms with Gasteiger partial charge in [-0.25, -0.2) is 0 Å². The van der Waals surface area contributed by atoms with Crippen molar-refractivity contribution in [3.8, 4) is 11.5 Å². The summed E-state index contributed by atoms with van der Waals surface area (Å²) >= 11 is 0. The number of aryl methyl sites for hydroxylation is 1. The highest BCUT2D eigenvalue weighted by molar-refractivity contribution is 5.76. The van der Waals surface area contributed by atoms with E-state index in [1.807, 2.05) is 55.5 Å². The molecule has 2 aromatic rings. The SMILES string of the molecule is COc1ccc(C(NC(=O)CCCOc2ccc(C)cc2)C2CC2)cc1. The Morgan fingerprint density at radius 1 is 1.08 bits per heavy atom. The molecule has 26 heavy (non-hydrogen) atoms. The molecular formula is C22H27NO3. The van der Waals surface area contributed by atoms with Gasteiger partial charge in [-0.05, 0) is 61.9 Å². The third-order valence-electron chi connectivity index (χ3n) is 4.72. The van der Waals surface area contributed by atoms with E-state index in [1.54, 1.807) is 7.11 Å². The lowest BCUT2D eigenvalue weighted by atomic mass is 10.0. The Balaban J connectivity index is 1.45. The molecule has 0 bridgehead atoms. The van der Waals surface area contributed by atoms with Crippen LogP contribution in [-0.2, 0) is 4.79 Å². The Morgan fingerprint density at radius 3 is 2.35 bits per heavy atom. The molecular weight excluding hydrogens is 326 g/mol. The fourth-order valence-electron chi connectivity index (χ4n) is 3.02. The molecule has 138 valence electrons. The van der Waals surface area contributed by atoms with Gasteiger partial charge in [0.1, 0.15) is 11.5 Å². The Labute approximate surface area is 155 Å². The van der Waals surface area contributed by atoms with Crippen LogP contribution in [0.5, 0.6) is 11.5 Å². The van der Waals surface area contributed by atoms with Crippen molar-refractivity contribution >= 4 is 5.91 Å². The van der Waals surface area contributed by atoms with E-state index >= 15 is 0 Å². The van der Waals surface area contributed by atoms with Crippen LogP contribution in [0.1, 0.15) is 42.9 Å². The van der Waals surface area contributed by atoms with Crippen molar-refractivity contribution in [2.45, 2.75) is 38.6 Å². The van der Waals surface area contributed by atoms with Crippen LogP contribution in [0.2, 0.25) is 0 Å². The maximum Gasteiger partial charge on any atom is 0.220 e. The molecule has 0 saturated heterocycles. The Hall–Kier alpha value is -2.49. The van der Waals surface area contributed by atoms with Gasteiger partial charge in [0.2, 0.25) is 5.91 Å². The number of hydrogen-bond donors (Lipinski definition) is 1. The molecule has 1 atom stereocenters. The fraction of sp³-hybridized carbons (Fsp3) is 0.409. The molecule has 0 radical (unpaired) electrons. The standard InChI is InChI=1S/C22H27NO3/c1-16-5-11-20(12-6-16)26-15-3-4-21(24)23-22(17-7-8-17)18-9-13-19(25-2)14-10-18/h5-6,9-14,17,22H,3-4,7-8,15H2,1-2H3,(H,23,24). The first kappa shape index (κ1) is 18.3. The van der Waals surface area contributed by atoms with Crippen LogP contribution in [0.4, 0.5) is 0 Å². The number of benzene rings is 2. The van der Waals surface area contributed by atoms with Gasteiger partial charge in [-0.1, -0.05) is 29.8 Å². The fourth-order valence-corrected chi connectivity index (χ4v) is 3.02. The largest absolute Gasteiger partial charge is 0.497 e. The minimum Gasteiger partial charge on any atom is -0.497 e. The van der Waals surface area contributed by atoms with Gasteiger partial charge >= 0.3 is 0 Å². The number of hydrogen-bond acceptors (Lipinski definition) is 3. The molecule has 1 saturated carbocycles. The number of carbonyl (C=O) groups is 1. The lowest BCUT2D eigenvalue weighted by molar-refractivity contribution is -0.122. The highest BCUT2D eigenvalue weighted by atomic mass is 16.5. The topological polar surface area (TPSA) is 47.6 Å². The molecule has 1 aliphatic carbocycles. The van der Waals surface area contributed by atoms with Crippen LogP contribution in [0.15, 0.2) is 48.5 Å².